The minimum atomic E-state index is -0.550. The molecule has 2 aromatic carbocycles. The highest BCUT2D eigenvalue weighted by molar-refractivity contribution is 14.1. The maximum absolute atomic E-state index is 13.7. The predicted octanol–water partition coefficient (Wildman–Crippen LogP) is 3.32. The fraction of sp³-hybridized carbons (Fsp3) is 0.143. The average Bonchev–Trinajstić information content (AvgIpc) is 2.40. The molecule has 0 amide bonds. The van der Waals surface area contributed by atoms with Crippen molar-refractivity contribution in [3.8, 4) is 0 Å². The lowest BCUT2D eigenvalue weighted by molar-refractivity contribution is 0.499. The van der Waals surface area contributed by atoms with Gasteiger partial charge in [0.1, 0.15) is 11.6 Å². The molecule has 0 fully saturated rings. The monoisotopic (exact) mass is 374 g/mol. The molecule has 0 saturated carbocycles. The Bertz CT molecular complexity index is 555. The van der Waals surface area contributed by atoms with Gasteiger partial charge < -0.3 is 0 Å². The second-order valence-electron chi connectivity index (χ2n) is 4.15. The SMILES string of the molecule is NNC(Cc1c(F)cccc1F)c1ccccc1I. The molecular weight excluding hydrogens is 361 g/mol. The Morgan fingerprint density at radius 1 is 1.05 bits per heavy atom. The largest absolute Gasteiger partial charge is 0.271 e. The van der Waals surface area contributed by atoms with Crippen LogP contribution < -0.4 is 11.3 Å². The number of rotatable bonds is 4. The first-order valence-corrected chi connectivity index (χ1v) is 6.84. The molecule has 0 aliphatic rings. The van der Waals surface area contributed by atoms with Crippen molar-refractivity contribution in [1.29, 1.82) is 0 Å². The van der Waals surface area contributed by atoms with E-state index in [2.05, 4.69) is 28.0 Å². The summed E-state index contributed by atoms with van der Waals surface area (Å²) in [5.41, 5.74) is 3.59. The average molecular weight is 374 g/mol. The van der Waals surface area contributed by atoms with Gasteiger partial charge in [-0.05, 0) is 52.8 Å². The Kier molecular flexibility index (Phi) is 4.84. The second-order valence-corrected chi connectivity index (χ2v) is 5.31. The first kappa shape index (κ1) is 14.4. The highest BCUT2D eigenvalue weighted by atomic mass is 127. The molecule has 2 aromatic rings. The molecule has 2 rings (SSSR count). The Balaban J connectivity index is 2.32. The van der Waals surface area contributed by atoms with E-state index in [9.17, 15) is 8.78 Å². The highest BCUT2D eigenvalue weighted by Crippen LogP contribution is 2.25. The van der Waals surface area contributed by atoms with Crippen LogP contribution in [0.3, 0.4) is 0 Å². The summed E-state index contributed by atoms with van der Waals surface area (Å²) in [6, 6.07) is 11.1. The van der Waals surface area contributed by atoms with Crippen molar-refractivity contribution < 1.29 is 8.78 Å². The number of halogens is 3. The Hall–Kier alpha value is -1.05. The Morgan fingerprint density at radius 2 is 1.68 bits per heavy atom. The van der Waals surface area contributed by atoms with Crippen LogP contribution >= 0.6 is 22.6 Å². The molecule has 100 valence electrons. The molecule has 0 aliphatic carbocycles. The smallest absolute Gasteiger partial charge is 0.129 e. The van der Waals surface area contributed by atoms with Crippen LogP contribution in [0.4, 0.5) is 8.78 Å². The molecule has 2 nitrogen and oxygen atoms in total. The van der Waals surface area contributed by atoms with E-state index < -0.39 is 11.6 Å². The zero-order valence-corrected chi connectivity index (χ0v) is 12.2. The molecule has 19 heavy (non-hydrogen) atoms. The summed E-state index contributed by atoms with van der Waals surface area (Å²) in [6.45, 7) is 0. The molecule has 1 atom stereocenters. The van der Waals surface area contributed by atoms with Gasteiger partial charge in [0.15, 0.2) is 0 Å². The van der Waals surface area contributed by atoms with E-state index >= 15 is 0 Å². The lowest BCUT2D eigenvalue weighted by Crippen LogP contribution is -2.30. The molecule has 0 aromatic heterocycles. The van der Waals surface area contributed by atoms with Gasteiger partial charge in [0, 0.05) is 9.13 Å². The van der Waals surface area contributed by atoms with E-state index in [4.69, 9.17) is 5.84 Å². The minimum Gasteiger partial charge on any atom is -0.271 e. The van der Waals surface area contributed by atoms with E-state index in [0.717, 1.165) is 9.13 Å². The quantitative estimate of drug-likeness (QED) is 0.490. The lowest BCUT2D eigenvalue weighted by atomic mass is 9.99. The van der Waals surface area contributed by atoms with Crippen LogP contribution in [0.25, 0.3) is 0 Å². The molecule has 0 heterocycles. The molecule has 0 saturated heterocycles. The van der Waals surface area contributed by atoms with Gasteiger partial charge in [-0.2, -0.15) is 0 Å². The van der Waals surface area contributed by atoms with Gasteiger partial charge in [0.2, 0.25) is 0 Å². The van der Waals surface area contributed by atoms with E-state index in [0.29, 0.717) is 0 Å². The standard InChI is InChI=1S/C14H13F2IN2/c15-11-5-3-6-12(16)10(11)8-14(19-18)9-4-1-2-7-13(9)17/h1-7,14,19H,8,18H2. The highest BCUT2D eigenvalue weighted by Gasteiger charge is 2.18. The van der Waals surface area contributed by atoms with Crippen LogP contribution in [0.1, 0.15) is 17.2 Å². The summed E-state index contributed by atoms with van der Waals surface area (Å²) in [6.07, 6.45) is 0.162. The van der Waals surface area contributed by atoms with Crippen molar-refractivity contribution in [3.63, 3.8) is 0 Å². The molecular formula is C14H13F2IN2. The summed E-state index contributed by atoms with van der Waals surface area (Å²) >= 11 is 2.18. The minimum absolute atomic E-state index is 0.0464. The Labute approximate surface area is 124 Å². The third-order valence-electron chi connectivity index (χ3n) is 2.95. The molecule has 0 bridgehead atoms. The van der Waals surface area contributed by atoms with Crippen molar-refractivity contribution in [2.45, 2.75) is 12.5 Å². The normalized spacial score (nSPS) is 12.4. The molecule has 0 radical (unpaired) electrons. The Morgan fingerprint density at radius 3 is 2.26 bits per heavy atom. The number of hydrazine groups is 1. The van der Waals surface area contributed by atoms with Gasteiger partial charge in [-0.25, -0.2) is 8.78 Å². The van der Waals surface area contributed by atoms with Gasteiger partial charge in [0.05, 0.1) is 6.04 Å². The number of hydrogen-bond acceptors (Lipinski definition) is 2. The number of nitrogens with two attached hydrogens (primary N) is 1. The maximum atomic E-state index is 13.7. The van der Waals surface area contributed by atoms with Crippen LogP contribution in [0.5, 0.6) is 0 Å². The molecule has 0 aliphatic heterocycles. The number of hydrogen-bond donors (Lipinski definition) is 2. The lowest BCUT2D eigenvalue weighted by Gasteiger charge is -2.18. The summed E-state index contributed by atoms with van der Waals surface area (Å²) in [5, 5.41) is 0. The van der Waals surface area contributed by atoms with Gasteiger partial charge in [-0.1, -0.05) is 24.3 Å². The van der Waals surface area contributed by atoms with Crippen LogP contribution in [0.2, 0.25) is 0 Å². The predicted molar refractivity (Wildman–Crippen MR) is 79.3 cm³/mol. The van der Waals surface area contributed by atoms with Crippen molar-refractivity contribution in [3.05, 3.63) is 68.8 Å². The van der Waals surface area contributed by atoms with Gasteiger partial charge in [-0.3, -0.25) is 11.3 Å². The maximum Gasteiger partial charge on any atom is 0.129 e. The van der Waals surface area contributed by atoms with Crippen LogP contribution in [0.15, 0.2) is 42.5 Å². The molecule has 0 spiro atoms. The fourth-order valence-corrected chi connectivity index (χ4v) is 2.71. The third-order valence-corrected chi connectivity index (χ3v) is 3.93. The summed E-state index contributed by atoms with van der Waals surface area (Å²) in [4.78, 5) is 0. The molecule has 1 unspecified atom stereocenters. The van der Waals surface area contributed by atoms with Crippen LogP contribution in [-0.2, 0) is 6.42 Å². The molecule has 5 heteroatoms. The summed E-state index contributed by atoms with van der Waals surface area (Å²) in [5.74, 6) is 4.42. The van der Waals surface area contributed by atoms with Crippen molar-refractivity contribution in [2.75, 3.05) is 0 Å². The number of nitrogens with one attached hydrogen (secondary N) is 1. The van der Waals surface area contributed by atoms with Gasteiger partial charge in [0.25, 0.3) is 0 Å². The first-order chi connectivity index (χ1) is 9.13. The summed E-state index contributed by atoms with van der Waals surface area (Å²) < 4.78 is 28.3. The van der Waals surface area contributed by atoms with Gasteiger partial charge >= 0.3 is 0 Å². The van der Waals surface area contributed by atoms with Crippen LogP contribution in [0, 0.1) is 15.2 Å². The van der Waals surface area contributed by atoms with E-state index in [-0.39, 0.29) is 18.0 Å². The molecule has 3 N–H and O–H groups in total. The van der Waals surface area contributed by atoms with Crippen molar-refractivity contribution >= 4 is 22.6 Å². The summed E-state index contributed by atoms with van der Waals surface area (Å²) in [7, 11) is 0. The zero-order valence-electron chi connectivity index (χ0n) is 10.0. The zero-order chi connectivity index (χ0) is 13.8. The van der Waals surface area contributed by atoms with Crippen molar-refractivity contribution in [1.82, 2.24) is 5.43 Å². The van der Waals surface area contributed by atoms with Crippen LogP contribution in [-0.4, -0.2) is 0 Å². The number of benzene rings is 2. The van der Waals surface area contributed by atoms with E-state index in [1.165, 1.54) is 18.2 Å². The van der Waals surface area contributed by atoms with E-state index in [1.54, 1.807) is 0 Å². The topological polar surface area (TPSA) is 38.0 Å². The third kappa shape index (κ3) is 3.29. The first-order valence-electron chi connectivity index (χ1n) is 5.77. The fourth-order valence-electron chi connectivity index (χ4n) is 1.95. The second kappa shape index (κ2) is 6.40. The van der Waals surface area contributed by atoms with Crippen molar-refractivity contribution in [2.24, 2.45) is 5.84 Å². The van der Waals surface area contributed by atoms with Gasteiger partial charge in [-0.15, -0.1) is 0 Å². The van der Waals surface area contributed by atoms with E-state index in [1.807, 2.05) is 24.3 Å².